The number of hydrogen-bond acceptors (Lipinski definition) is 5. The van der Waals surface area contributed by atoms with Crippen molar-refractivity contribution in [1.82, 2.24) is 9.97 Å². The molecule has 0 saturated heterocycles. The second-order valence-corrected chi connectivity index (χ2v) is 7.73. The largest absolute Gasteiger partial charge is 0.494 e. The summed E-state index contributed by atoms with van der Waals surface area (Å²) < 4.78 is 5.57. The predicted molar refractivity (Wildman–Crippen MR) is 118 cm³/mol. The fourth-order valence-corrected chi connectivity index (χ4v) is 4.24. The van der Waals surface area contributed by atoms with E-state index >= 15 is 0 Å². The first-order valence-electron chi connectivity index (χ1n) is 9.48. The first-order chi connectivity index (χ1) is 13.7. The van der Waals surface area contributed by atoms with Gasteiger partial charge in [0.05, 0.1) is 12.0 Å². The summed E-state index contributed by atoms with van der Waals surface area (Å²) in [6.07, 6.45) is 1.63. The molecule has 0 unspecified atom stereocenters. The van der Waals surface area contributed by atoms with Gasteiger partial charge in [-0.1, -0.05) is 44.2 Å². The standard InChI is InChI=1S/C23H23N3OS/c1-4-27-17-11-9-16(10-12-17)19-13-28-23-21(19)22(24-14-25-23)26-20-8-6-5-7-18(20)15(2)3/h5-15H,4H2,1-3H3,(H,24,25,26). The van der Waals surface area contributed by atoms with Crippen molar-refractivity contribution in [2.24, 2.45) is 0 Å². The van der Waals surface area contributed by atoms with Gasteiger partial charge in [0.25, 0.3) is 0 Å². The van der Waals surface area contributed by atoms with Crippen LogP contribution in [0.4, 0.5) is 11.5 Å². The quantitative estimate of drug-likeness (QED) is 0.402. The highest BCUT2D eigenvalue weighted by Gasteiger charge is 2.15. The smallest absolute Gasteiger partial charge is 0.143 e. The van der Waals surface area contributed by atoms with Crippen LogP contribution < -0.4 is 10.1 Å². The molecule has 28 heavy (non-hydrogen) atoms. The lowest BCUT2D eigenvalue weighted by molar-refractivity contribution is 0.340. The zero-order chi connectivity index (χ0) is 19.5. The van der Waals surface area contributed by atoms with Gasteiger partial charge in [0.1, 0.15) is 22.7 Å². The van der Waals surface area contributed by atoms with Gasteiger partial charge in [-0.3, -0.25) is 0 Å². The van der Waals surface area contributed by atoms with Gasteiger partial charge in [0, 0.05) is 16.6 Å². The Kier molecular flexibility index (Phi) is 5.26. The SMILES string of the molecule is CCOc1ccc(-c2csc3ncnc(Nc4ccccc4C(C)C)c23)cc1. The van der Waals surface area contributed by atoms with E-state index in [-0.39, 0.29) is 0 Å². The van der Waals surface area contributed by atoms with Gasteiger partial charge in [-0.2, -0.15) is 0 Å². The second kappa shape index (κ2) is 7.98. The van der Waals surface area contributed by atoms with Crippen molar-refractivity contribution in [2.45, 2.75) is 26.7 Å². The predicted octanol–water partition coefficient (Wildman–Crippen LogP) is 6.62. The van der Waals surface area contributed by atoms with Crippen molar-refractivity contribution < 1.29 is 4.74 Å². The van der Waals surface area contributed by atoms with Crippen LogP contribution in [0.3, 0.4) is 0 Å². The van der Waals surface area contributed by atoms with E-state index in [0.717, 1.165) is 38.6 Å². The van der Waals surface area contributed by atoms with Crippen molar-refractivity contribution >= 4 is 33.1 Å². The highest BCUT2D eigenvalue weighted by atomic mass is 32.1. The van der Waals surface area contributed by atoms with E-state index in [2.05, 4.69) is 64.8 Å². The van der Waals surface area contributed by atoms with Crippen molar-refractivity contribution in [3.63, 3.8) is 0 Å². The topological polar surface area (TPSA) is 47.0 Å². The van der Waals surface area contributed by atoms with Crippen LogP contribution in [0.25, 0.3) is 21.3 Å². The van der Waals surface area contributed by atoms with Crippen LogP contribution in [0.1, 0.15) is 32.3 Å². The Morgan fingerprint density at radius 2 is 1.82 bits per heavy atom. The van der Waals surface area contributed by atoms with E-state index in [4.69, 9.17) is 4.74 Å². The minimum atomic E-state index is 0.425. The fraction of sp³-hybridized carbons (Fsp3) is 0.217. The van der Waals surface area contributed by atoms with Crippen LogP contribution in [-0.2, 0) is 0 Å². The molecule has 0 aliphatic heterocycles. The normalized spacial score (nSPS) is 11.1. The van der Waals surface area contributed by atoms with Crippen LogP contribution >= 0.6 is 11.3 Å². The van der Waals surface area contributed by atoms with E-state index in [1.165, 1.54) is 5.56 Å². The van der Waals surface area contributed by atoms with Crippen LogP contribution in [0.2, 0.25) is 0 Å². The Labute approximate surface area is 169 Å². The molecule has 0 aliphatic rings. The summed E-state index contributed by atoms with van der Waals surface area (Å²) in [5, 5.41) is 6.75. The number of thiophene rings is 1. The number of fused-ring (bicyclic) bond motifs is 1. The van der Waals surface area contributed by atoms with Crippen LogP contribution in [-0.4, -0.2) is 16.6 Å². The zero-order valence-electron chi connectivity index (χ0n) is 16.3. The molecule has 0 bridgehead atoms. The Morgan fingerprint density at radius 3 is 2.57 bits per heavy atom. The molecular weight excluding hydrogens is 366 g/mol. The molecule has 0 saturated carbocycles. The lowest BCUT2D eigenvalue weighted by atomic mass is 10.0. The molecule has 2 aromatic heterocycles. The maximum Gasteiger partial charge on any atom is 0.143 e. The minimum Gasteiger partial charge on any atom is -0.494 e. The third kappa shape index (κ3) is 3.58. The summed E-state index contributed by atoms with van der Waals surface area (Å²) in [4.78, 5) is 10.0. The van der Waals surface area contributed by atoms with Gasteiger partial charge >= 0.3 is 0 Å². The number of anilines is 2. The average molecular weight is 390 g/mol. The molecule has 2 aromatic carbocycles. The Bertz CT molecular complexity index is 1090. The highest BCUT2D eigenvalue weighted by molar-refractivity contribution is 7.17. The Balaban J connectivity index is 1.78. The molecule has 4 aromatic rings. The lowest BCUT2D eigenvalue weighted by Gasteiger charge is -2.15. The zero-order valence-corrected chi connectivity index (χ0v) is 17.1. The van der Waals surface area contributed by atoms with E-state index in [0.29, 0.717) is 12.5 Å². The van der Waals surface area contributed by atoms with E-state index in [9.17, 15) is 0 Å². The van der Waals surface area contributed by atoms with Gasteiger partial charge in [0.2, 0.25) is 0 Å². The number of nitrogens with zero attached hydrogens (tertiary/aromatic N) is 2. The number of para-hydroxylation sites is 1. The number of ether oxygens (including phenoxy) is 1. The maximum absolute atomic E-state index is 5.57. The number of hydrogen-bond donors (Lipinski definition) is 1. The summed E-state index contributed by atoms with van der Waals surface area (Å²) in [6.45, 7) is 7.06. The summed E-state index contributed by atoms with van der Waals surface area (Å²) in [5.74, 6) is 2.14. The molecule has 0 aliphatic carbocycles. The number of benzene rings is 2. The second-order valence-electron chi connectivity index (χ2n) is 6.88. The fourth-order valence-electron chi connectivity index (χ4n) is 3.32. The van der Waals surface area contributed by atoms with E-state index in [1.807, 2.05) is 25.1 Å². The maximum atomic E-state index is 5.57. The van der Waals surface area contributed by atoms with Gasteiger partial charge in [0.15, 0.2) is 0 Å². The molecule has 0 radical (unpaired) electrons. The van der Waals surface area contributed by atoms with Crippen molar-refractivity contribution in [3.05, 3.63) is 65.8 Å². The first-order valence-corrected chi connectivity index (χ1v) is 10.4. The summed E-state index contributed by atoms with van der Waals surface area (Å²) in [5.41, 5.74) is 4.62. The van der Waals surface area contributed by atoms with Crippen LogP contribution in [0.5, 0.6) is 5.75 Å². The molecule has 0 spiro atoms. The summed E-state index contributed by atoms with van der Waals surface area (Å²) in [6, 6.07) is 16.6. The molecule has 5 heteroatoms. The Morgan fingerprint density at radius 1 is 1.04 bits per heavy atom. The molecule has 0 fully saturated rings. The highest BCUT2D eigenvalue weighted by Crippen LogP contribution is 2.38. The monoisotopic (exact) mass is 389 g/mol. The third-order valence-electron chi connectivity index (χ3n) is 4.68. The Hall–Kier alpha value is -2.92. The lowest BCUT2D eigenvalue weighted by Crippen LogP contribution is -2.00. The third-order valence-corrected chi connectivity index (χ3v) is 5.57. The van der Waals surface area contributed by atoms with Crippen molar-refractivity contribution in [3.8, 4) is 16.9 Å². The molecule has 4 rings (SSSR count). The van der Waals surface area contributed by atoms with Gasteiger partial charge in [-0.05, 0) is 42.2 Å². The number of aromatic nitrogens is 2. The number of rotatable bonds is 6. The van der Waals surface area contributed by atoms with Crippen LogP contribution in [0.15, 0.2) is 60.2 Å². The minimum absolute atomic E-state index is 0.425. The van der Waals surface area contributed by atoms with Crippen LogP contribution in [0, 0.1) is 0 Å². The summed E-state index contributed by atoms with van der Waals surface area (Å²) >= 11 is 1.64. The van der Waals surface area contributed by atoms with Crippen molar-refractivity contribution in [2.75, 3.05) is 11.9 Å². The first kappa shape index (κ1) is 18.4. The molecular formula is C23H23N3OS. The number of nitrogens with one attached hydrogen (secondary N) is 1. The molecule has 142 valence electrons. The molecule has 2 heterocycles. The average Bonchev–Trinajstić information content (AvgIpc) is 3.14. The van der Waals surface area contributed by atoms with E-state index in [1.54, 1.807) is 17.7 Å². The molecule has 0 amide bonds. The van der Waals surface area contributed by atoms with Gasteiger partial charge in [-0.15, -0.1) is 11.3 Å². The van der Waals surface area contributed by atoms with Gasteiger partial charge in [-0.25, -0.2) is 9.97 Å². The summed E-state index contributed by atoms with van der Waals surface area (Å²) in [7, 11) is 0. The molecule has 0 atom stereocenters. The van der Waals surface area contributed by atoms with Gasteiger partial charge < -0.3 is 10.1 Å². The van der Waals surface area contributed by atoms with E-state index < -0.39 is 0 Å². The molecule has 1 N–H and O–H groups in total. The van der Waals surface area contributed by atoms with Crippen molar-refractivity contribution in [1.29, 1.82) is 0 Å². The molecule has 4 nitrogen and oxygen atoms in total.